The number of nitrogens with two attached hydrogens (primary N) is 1. The molecule has 0 unspecified atom stereocenters. The number of halogens is 1. The van der Waals surface area contributed by atoms with Gasteiger partial charge in [0.1, 0.15) is 5.75 Å². The maximum atomic E-state index is 12.7. The van der Waals surface area contributed by atoms with Gasteiger partial charge in [-0.05, 0) is 44.5 Å². The molecule has 0 aromatic heterocycles. The molecule has 1 amide bonds. The van der Waals surface area contributed by atoms with E-state index in [-0.39, 0.29) is 11.8 Å². The second-order valence-electron chi connectivity index (χ2n) is 7.10. The lowest BCUT2D eigenvalue weighted by atomic mass is 9.95. The lowest BCUT2D eigenvalue weighted by Crippen LogP contribution is -2.37. The summed E-state index contributed by atoms with van der Waals surface area (Å²) < 4.78 is 5.30. The maximum absolute atomic E-state index is 12.7. The van der Waals surface area contributed by atoms with Crippen molar-refractivity contribution >= 4 is 28.9 Å². The molecule has 0 bridgehead atoms. The summed E-state index contributed by atoms with van der Waals surface area (Å²) >= 11 is 6.08. The Morgan fingerprint density at radius 1 is 1.30 bits per heavy atom. The third kappa shape index (κ3) is 4.93. The summed E-state index contributed by atoms with van der Waals surface area (Å²) in [5, 5.41) is 3.35. The van der Waals surface area contributed by atoms with Crippen LogP contribution in [0.5, 0.6) is 5.75 Å². The highest BCUT2D eigenvalue weighted by Gasteiger charge is 2.26. The number of methoxy groups -OCH3 is 1. The Bertz CT molecular complexity index is 817. The first-order valence-corrected chi connectivity index (χ1v) is 9.56. The van der Waals surface area contributed by atoms with Crippen LogP contribution in [0.15, 0.2) is 36.4 Å². The fraction of sp³-hybridized carbons (Fsp3) is 0.381. The van der Waals surface area contributed by atoms with Crippen molar-refractivity contribution in [3.63, 3.8) is 0 Å². The molecule has 0 saturated carbocycles. The fourth-order valence-electron chi connectivity index (χ4n) is 3.49. The number of aryl methyl sites for hydroxylation is 1. The molecule has 0 radical (unpaired) electrons. The van der Waals surface area contributed by atoms with Gasteiger partial charge in [-0.3, -0.25) is 9.69 Å². The molecule has 144 valence electrons. The lowest BCUT2D eigenvalue weighted by molar-refractivity contribution is -0.121. The highest BCUT2D eigenvalue weighted by Crippen LogP contribution is 2.33. The Kier molecular flexibility index (Phi) is 6.24. The molecule has 2 aromatic carbocycles. The normalized spacial score (nSPS) is 15.5. The zero-order valence-corrected chi connectivity index (χ0v) is 16.6. The van der Waals surface area contributed by atoms with Gasteiger partial charge in [0.25, 0.3) is 0 Å². The second-order valence-corrected chi connectivity index (χ2v) is 7.51. The van der Waals surface area contributed by atoms with Crippen LogP contribution in [0.3, 0.4) is 0 Å². The van der Waals surface area contributed by atoms with Gasteiger partial charge in [-0.25, -0.2) is 0 Å². The second kappa shape index (κ2) is 8.63. The van der Waals surface area contributed by atoms with Crippen LogP contribution in [0.1, 0.15) is 24.0 Å². The van der Waals surface area contributed by atoms with Crippen LogP contribution in [0, 0.1) is 12.8 Å². The number of hydrogen-bond acceptors (Lipinski definition) is 4. The first-order chi connectivity index (χ1) is 13.0. The van der Waals surface area contributed by atoms with E-state index in [2.05, 4.69) is 41.4 Å². The third-order valence-electron chi connectivity index (χ3n) is 5.02. The minimum Gasteiger partial charge on any atom is -0.494 e. The zero-order chi connectivity index (χ0) is 19.4. The number of anilines is 2. The number of amides is 1. The van der Waals surface area contributed by atoms with Gasteiger partial charge in [0.2, 0.25) is 5.91 Å². The van der Waals surface area contributed by atoms with Crippen LogP contribution in [0.4, 0.5) is 11.4 Å². The average molecular weight is 388 g/mol. The number of piperidine rings is 1. The predicted molar refractivity (Wildman–Crippen MR) is 110 cm³/mol. The molecule has 5 nitrogen and oxygen atoms in total. The van der Waals surface area contributed by atoms with Gasteiger partial charge in [0, 0.05) is 18.5 Å². The van der Waals surface area contributed by atoms with Crippen molar-refractivity contribution in [3.05, 3.63) is 52.5 Å². The third-order valence-corrected chi connectivity index (χ3v) is 5.35. The molecule has 1 fully saturated rings. The van der Waals surface area contributed by atoms with Crippen LogP contribution in [0.2, 0.25) is 5.02 Å². The van der Waals surface area contributed by atoms with Crippen LogP contribution in [-0.4, -0.2) is 31.0 Å². The van der Waals surface area contributed by atoms with Crippen LogP contribution in [0.25, 0.3) is 0 Å². The highest BCUT2D eigenvalue weighted by molar-refractivity contribution is 6.33. The number of likely N-dealkylation sites (tertiary alicyclic amines) is 1. The molecular weight excluding hydrogens is 362 g/mol. The Morgan fingerprint density at radius 2 is 2.04 bits per heavy atom. The molecule has 1 saturated heterocycles. The fourth-order valence-corrected chi connectivity index (χ4v) is 3.66. The molecular formula is C21H26ClN3O2. The van der Waals surface area contributed by atoms with Crippen molar-refractivity contribution in [1.29, 1.82) is 0 Å². The molecule has 3 rings (SSSR count). The number of nitrogens with one attached hydrogen (secondary N) is 1. The van der Waals surface area contributed by atoms with Gasteiger partial charge in [-0.15, -0.1) is 0 Å². The van der Waals surface area contributed by atoms with E-state index in [0.29, 0.717) is 22.1 Å². The minimum absolute atomic E-state index is 0.00402. The first kappa shape index (κ1) is 19.5. The Labute approximate surface area is 165 Å². The summed E-state index contributed by atoms with van der Waals surface area (Å²) in [6, 6.07) is 11.8. The van der Waals surface area contributed by atoms with Crippen LogP contribution in [-0.2, 0) is 11.3 Å². The molecule has 2 aromatic rings. The van der Waals surface area contributed by atoms with E-state index >= 15 is 0 Å². The Balaban J connectivity index is 1.56. The highest BCUT2D eigenvalue weighted by atomic mass is 35.5. The summed E-state index contributed by atoms with van der Waals surface area (Å²) in [6.07, 6.45) is 1.67. The average Bonchev–Trinajstić information content (AvgIpc) is 2.65. The lowest BCUT2D eigenvalue weighted by Gasteiger charge is -2.31. The molecule has 3 N–H and O–H groups in total. The number of benzene rings is 2. The molecule has 0 spiro atoms. The Morgan fingerprint density at radius 3 is 2.70 bits per heavy atom. The molecule has 0 aliphatic carbocycles. The standard InChI is InChI=1S/C21H26ClN3O2/c1-14-4-3-5-15(10-14)13-25-8-6-16(7-9-25)21(26)24-19-11-17(22)18(23)12-20(19)27-2/h3-5,10-12,16H,6-9,13,23H2,1-2H3,(H,24,26). The smallest absolute Gasteiger partial charge is 0.227 e. The largest absolute Gasteiger partial charge is 0.494 e. The van der Waals surface area contributed by atoms with Gasteiger partial charge in [0.15, 0.2) is 0 Å². The molecule has 6 heteroatoms. The minimum atomic E-state index is -0.0141. The van der Waals surface area contributed by atoms with Crippen molar-refractivity contribution < 1.29 is 9.53 Å². The van der Waals surface area contributed by atoms with Gasteiger partial charge < -0.3 is 15.8 Å². The van der Waals surface area contributed by atoms with E-state index in [4.69, 9.17) is 22.1 Å². The van der Waals surface area contributed by atoms with Gasteiger partial charge in [-0.1, -0.05) is 41.4 Å². The van der Waals surface area contributed by atoms with E-state index in [1.54, 1.807) is 19.2 Å². The van der Waals surface area contributed by atoms with Crippen molar-refractivity contribution in [2.75, 3.05) is 31.2 Å². The summed E-state index contributed by atoms with van der Waals surface area (Å²) in [5.41, 5.74) is 9.38. The topological polar surface area (TPSA) is 67.6 Å². The zero-order valence-electron chi connectivity index (χ0n) is 15.8. The number of carbonyl (C=O) groups is 1. The summed E-state index contributed by atoms with van der Waals surface area (Å²) in [4.78, 5) is 15.1. The van der Waals surface area contributed by atoms with Crippen molar-refractivity contribution in [2.45, 2.75) is 26.3 Å². The summed E-state index contributed by atoms with van der Waals surface area (Å²) in [6.45, 7) is 4.85. The van der Waals surface area contributed by atoms with Crippen LogP contribution >= 0.6 is 11.6 Å². The summed E-state index contributed by atoms with van der Waals surface area (Å²) in [7, 11) is 1.54. The van der Waals surface area contributed by atoms with E-state index < -0.39 is 0 Å². The number of rotatable bonds is 5. The number of nitrogens with zero attached hydrogens (tertiary/aromatic N) is 1. The van der Waals surface area contributed by atoms with E-state index in [1.807, 2.05) is 0 Å². The quantitative estimate of drug-likeness (QED) is 0.758. The van der Waals surface area contributed by atoms with Crippen molar-refractivity contribution in [3.8, 4) is 5.75 Å². The molecule has 27 heavy (non-hydrogen) atoms. The molecule has 1 aliphatic rings. The molecule has 1 aliphatic heterocycles. The van der Waals surface area contributed by atoms with Gasteiger partial charge in [0.05, 0.1) is 23.5 Å². The van der Waals surface area contributed by atoms with Gasteiger partial charge >= 0.3 is 0 Å². The van der Waals surface area contributed by atoms with E-state index in [0.717, 1.165) is 32.5 Å². The van der Waals surface area contributed by atoms with Gasteiger partial charge in [-0.2, -0.15) is 0 Å². The first-order valence-electron chi connectivity index (χ1n) is 9.18. The van der Waals surface area contributed by atoms with E-state index in [9.17, 15) is 4.79 Å². The maximum Gasteiger partial charge on any atom is 0.227 e. The summed E-state index contributed by atoms with van der Waals surface area (Å²) in [5.74, 6) is 0.506. The number of carbonyl (C=O) groups excluding carboxylic acids is 1. The van der Waals surface area contributed by atoms with Crippen LogP contribution < -0.4 is 15.8 Å². The number of hydrogen-bond donors (Lipinski definition) is 2. The SMILES string of the molecule is COc1cc(N)c(Cl)cc1NC(=O)C1CCN(Cc2cccc(C)c2)CC1. The number of ether oxygens (including phenoxy) is 1. The molecule has 0 atom stereocenters. The predicted octanol–water partition coefficient (Wildman–Crippen LogP) is 4.09. The van der Waals surface area contributed by atoms with Crippen molar-refractivity contribution in [1.82, 2.24) is 4.90 Å². The molecule has 1 heterocycles. The van der Waals surface area contributed by atoms with E-state index in [1.165, 1.54) is 11.1 Å². The van der Waals surface area contributed by atoms with Crippen molar-refractivity contribution in [2.24, 2.45) is 5.92 Å². The monoisotopic (exact) mass is 387 g/mol. The number of nitrogen functional groups attached to an aromatic ring is 1. The Hall–Kier alpha value is -2.24.